The topological polar surface area (TPSA) is 171 Å². The summed E-state index contributed by atoms with van der Waals surface area (Å²) in [6.45, 7) is 2.59. The van der Waals surface area contributed by atoms with Crippen molar-refractivity contribution in [2.45, 2.75) is 50.5 Å². The molecule has 156 valence electrons. The monoisotopic (exact) mass is 424 g/mol. The fourth-order valence-corrected chi connectivity index (χ4v) is 2.55. The normalized spacial score (nSPS) is 16.4. The summed E-state index contributed by atoms with van der Waals surface area (Å²) in [5, 5.41) is 25.5. The Labute approximate surface area is 167 Å². The van der Waals surface area contributed by atoms with Gasteiger partial charge < -0.3 is 31.9 Å². The van der Waals surface area contributed by atoms with Crippen LogP contribution in [0.5, 0.6) is 0 Å². The third-order valence-electron chi connectivity index (χ3n) is 3.58. The van der Waals surface area contributed by atoms with Gasteiger partial charge in [0.25, 0.3) is 0 Å². The van der Waals surface area contributed by atoms with E-state index in [9.17, 15) is 24.3 Å². The van der Waals surface area contributed by atoms with Crippen molar-refractivity contribution in [1.82, 2.24) is 16.0 Å². The molecule has 0 aliphatic rings. The highest BCUT2D eigenvalue weighted by atomic mass is 32.2. The molecule has 5 unspecified atom stereocenters. The first-order chi connectivity index (χ1) is 12.5. The fraction of sp³-hybridized carbons (Fsp3) is 0.733. The Balaban J connectivity index is 4.95. The van der Waals surface area contributed by atoms with E-state index < -0.39 is 54.0 Å². The zero-order valence-electron chi connectivity index (χ0n) is 15.5. The first-order valence-corrected chi connectivity index (χ1v) is 10.2. The van der Waals surface area contributed by atoms with Gasteiger partial charge in [-0.25, -0.2) is 4.79 Å². The van der Waals surface area contributed by atoms with Crippen molar-refractivity contribution in [2.24, 2.45) is 5.73 Å². The zero-order valence-corrected chi connectivity index (χ0v) is 17.2. The number of carbonyl (C=O) groups excluding carboxylic acids is 3. The van der Waals surface area contributed by atoms with Crippen molar-refractivity contribution in [2.75, 3.05) is 17.8 Å². The third kappa shape index (κ3) is 9.31. The Hall–Kier alpha value is -1.50. The summed E-state index contributed by atoms with van der Waals surface area (Å²) >= 11 is 5.41. The molecule has 0 aliphatic carbocycles. The molecular formula is C15H28N4O6S2. The first kappa shape index (κ1) is 25.5. The quantitative estimate of drug-likeness (QED) is 0.175. The predicted octanol–water partition coefficient (Wildman–Crippen LogP) is -2.06. The zero-order chi connectivity index (χ0) is 21.1. The fourth-order valence-electron chi connectivity index (χ4n) is 1.91. The molecule has 0 fully saturated rings. The molecule has 0 heterocycles. The Morgan fingerprint density at radius 2 is 1.67 bits per heavy atom. The van der Waals surface area contributed by atoms with E-state index in [0.717, 1.165) is 0 Å². The molecule has 0 saturated heterocycles. The van der Waals surface area contributed by atoms with Crippen molar-refractivity contribution < 1.29 is 29.4 Å². The number of carboxylic acid groups (broad SMARTS) is 1. The lowest BCUT2D eigenvalue weighted by Crippen LogP contribution is -2.57. The van der Waals surface area contributed by atoms with Crippen LogP contribution >= 0.6 is 24.4 Å². The number of carboxylic acids is 1. The van der Waals surface area contributed by atoms with E-state index in [4.69, 9.17) is 10.8 Å². The summed E-state index contributed by atoms with van der Waals surface area (Å²) in [6.07, 6.45) is 0.845. The number of nitrogens with one attached hydrogen (secondary N) is 3. The molecule has 0 aliphatic heterocycles. The molecule has 0 aromatic carbocycles. The van der Waals surface area contributed by atoms with E-state index in [-0.39, 0.29) is 5.75 Å². The van der Waals surface area contributed by atoms with Crippen molar-refractivity contribution in [3.63, 3.8) is 0 Å². The lowest BCUT2D eigenvalue weighted by molar-refractivity contribution is -0.145. The molecule has 0 spiro atoms. The first-order valence-electron chi connectivity index (χ1n) is 8.22. The predicted molar refractivity (Wildman–Crippen MR) is 106 cm³/mol. The van der Waals surface area contributed by atoms with E-state index in [2.05, 4.69) is 28.6 Å². The lowest BCUT2D eigenvalue weighted by Gasteiger charge is -2.23. The number of hydrogen-bond donors (Lipinski definition) is 7. The highest BCUT2D eigenvalue weighted by Crippen LogP contribution is 2.03. The van der Waals surface area contributed by atoms with Gasteiger partial charge in [0, 0.05) is 5.75 Å². The SMILES string of the molecule is CSCCC(NC(=O)C(N)CS)C(=O)NC(C)C(=O)NC(C(=O)O)C(C)O. The average Bonchev–Trinajstić information content (AvgIpc) is 2.60. The van der Waals surface area contributed by atoms with E-state index in [1.54, 1.807) is 0 Å². The van der Waals surface area contributed by atoms with E-state index in [1.165, 1.54) is 25.6 Å². The molecule has 0 saturated carbocycles. The molecule has 3 amide bonds. The number of aliphatic hydroxyl groups is 1. The van der Waals surface area contributed by atoms with Gasteiger partial charge in [-0.3, -0.25) is 14.4 Å². The summed E-state index contributed by atoms with van der Waals surface area (Å²) in [6, 6.07) is -4.36. The van der Waals surface area contributed by atoms with Crippen LogP contribution in [0.1, 0.15) is 20.3 Å². The van der Waals surface area contributed by atoms with Gasteiger partial charge in [-0.15, -0.1) is 0 Å². The van der Waals surface area contributed by atoms with Crippen LogP contribution in [-0.2, 0) is 19.2 Å². The molecule has 7 N–H and O–H groups in total. The average molecular weight is 425 g/mol. The van der Waals surface area contributed by atoms with Crippen LogP contribution in [0.4, 0.5) is 0 Å². The van der Waals surface area contributed by atoms with Gasteiger partial charge in [0.15, 0.2) is 6.04 Å². The molecule has 0 bridgehead atoms. The Morgan fingerprint density at radius 3 is 2.11 bits per heavy atom. The lowest BCUT2D eigenvalue weighted by atomic mass is 10.1. The van der Waals surface area contributed by atoms with Crippen molar-refractivity contribution in [3.05, 3.63) is 0 Å². The molecule has 0 aromatic heterocycles. The van der Waals surface area contributed by atoms with Gasteiger partial charge >= 0.3 is 5.97 Å². The summed E-state index contributed by atoms with van der Waals surface area (Å²) in [5.41, 5.74) is 5.59. The van der Waals surface area contributed by atoms with Gasteiger partial charge in [-0.2, -0.15) is 24.4 Å². The van der Waals surface area contributed by atoms with Gasteiger partial charge in [0.05, 0.1) is 12.1 Å². The molecule has 0 rings (SSSR count). The van der Waals surface area contributed by atoms with Crippen molar-refractivity contribution in [1.29, 1.82) is 0 Å². The summed E-state index contributed by atoms with van der Waals surface area (Å²) < 4.78 is 0. The number of thiol groups is 1. The highest BCUT2D eigenvalue weighted by molar-refractivity contribution is 7.98. The Bertz CT molecular complexity index is 534. The number of aliphatic hydroxyl groups excluding tert-OH is 1. The summed E-state index contributed by atoms with van der Waals surface area (Å²) in [4.78, 5) is 47.5. The number of nitrogens with two attached hydrogens (primary N) is 1. The maximum Gasteiger partial charge on any atom is 0.328 e. The molecular weight excluding hydrogens is 396 g/mol. The third-order valence-corrected chi connectivity index (χ3v) is 4.61. The van der Waals surface area contributed by atoms with Crippen molar-refractivity contribution in [3.8, 4) is 0 Å². The molecule has 12 heteroatoms. The second-order valence-electron chi connectivity index (χ2n) is 5.93. The van der Waals surface area contributed by atoms with Crippen LogP contribution in [0.2, 0.25) is 0 Å². The number of rotatable bonds is 12. The molecule has 27 heavy (non-hydrogen) atoms. The number of carbonyl (C=O) groups is 4. The second kappa shape index (κ2) is 12.8. The maximum absolute atomic E-state index is 12.4. The van der Waals surface area contributed by atoms with Gasteiger partial charge in [0.2, 0.25) is 17.7 Å². The number of amides is 3. The highest BCUT2D eigenvalue weighted by Gasteiger charge is 2.29. The Morgan fingerprint density at radius 1 is 1.07 bits per heavy atom. The second-order valence-corrected chi connectivity index (χ2v) is 7.28. The number of thioether (sulfide) groups is 1. The minimum atomic E-state index is -1.50. The maximum atomic E-state index is 12.4. The van der Waals surface area contributed by atoms with E-state index >= 15 is 0 Å². The minimum absolute atomic E-state index is 0.109. The molecule has 0 aromatic rings. The summed E-state index contributed by atoms with van der Waals surface area (Å²) in [5.74, 6) is -2.63. The minimum Gasteiger partial charge on any atom is -0.480 e. The van der Waals surface area contributed by atoms with Crippen LogP contribution < -0.4 is 21.7 Å². The number of hydrogen-bond acceptors (Lipinski definition) is 8. The Kier molecular flexibility index (Phi) is 12.1. The van der Waals surface area contributed by atoms with Crippen LogP contribution in [0.15, 0.2) is 0 Å². The van der Waals surface area contributed by atoms with E-state index in [1.807, 2.05) is 6.26 Å². The van der Waals surface area contributed by atoms with E-state index in [0.29, 0.717) is 12.2 Å². The number of aliphatic carboxylic acids is 1. The molecule has 0 radical (unpaired) electrons. The standard InChI is InChI=1S/C15H28N4O6S2/c1-7(12(21)19-11(8(2)20)15(24)25)17-14(23)10(4-5-27-3)18-13(22)9(16)6-26/h7-11,20,26H,4-6,16H2,1-3H3,(H,17,23)(H,18,22)(H,19,21)(H,24,25). The summed E-state index contributed by atoms with van der Waals surface area (Å²) in [7, 11) is 0. The van der Waals surface area contributed by atoms with Crippen LogP contribution in [0.25, 0.3) is 0 Å². The van der Waals surface area contributed by atoms with Crippen LogP contribution in [0, 0.1) is 0 Å². The molecule has 10 nitrogen and oxygen atoms in total. The van der Waals surface area contributed by atoms with Gasteiger partial charge in [-0.1, -0.05) is 0 Å². The van der Waals surface area contributed by atoms with Crippen molar-refractivity contribution >= 4 is 48.1 Å². The van der Waals surface area contributed by atoms with Gasteiger partial charge in [-0.05, 0) is 32.3 Å². The largest absolute Gasteiger partial charge is 0.480 e. The smallest absolute Gasteiger partial charge is 0.328 e. The molecule has 5 atom stereocenters. The van der Waals surface area contributed by atoms with Crippen LogP contribution in [-0.4, -0.2) is 81.9 Å². The van der Waals surface area contributed by atoms with Crippen LogP contribution in [0.3, 0.4) is 0 Å². The van der Waals surface area contributed by atoms with Gasteiger partial charge in [0.1, 0.15) is 12.1 Å².